The highest BCUT2D eigenvalue weighted by Crippen LogP contribution is 2.20. The summed E-state index contributed by atoms with van der Waals surface area (Å²) >= 11 is 0. The van der Waals surface area contributed by atoms with E-state index in [-0.39, 0.29) is 12.4 Å². The molecule has 0 saturated carbocycles. The van der Waals surface area contributed by atoms with E-state index in [0.29, 0.717) is 18.8 Å². The van der Waals surface area contributed by atoms with E-state index < -0.39 is 6.10 Å². The third-order valence-electron chi connectivity index (χ3n) is 3.67. The molecular formula is C17H25FN4O2. The lowest BCUT2D eigenvalue weighted by Gasteiger charge is -2.17. The summed E-state index contributed by atoms with van der Waals surface area (Å²) in [5, 5.41) is 17.7. The maximum Gasteiger partial charge on any atom is 0.130 e. The molecule has 2 aromatic rings. The molecule has 0 aliphatic rings. The number of aliphatic hydroxyl groups is 1. The van der Waals surface area contributed by atoms with Gasteiger partial charge in [-0.15, -0.1) is 0 Å². The van der Waals surface area contributed by atoms with Gasteiger partial charge >= 0.3 is 0 Å². The largest absolute Gasteiger partial charge is 0.491 e. The van der Waals surface area contributed by atoms with Crippen LogP contribution in [0.2, 0.25) is 0 Å². The molecule has 0 fully saturated rings. The van der Waals surface area contributed by atoms with Crippen molar-refractivity contribution in [2.75, 3.05) is 32.1 Å². The Hall–Kier alpha value is -2.12. The molecule has 2 rings (SSSR count). The fraction of sp³-hybridized carbons (Fsp3) is 0.471. The van der Waals surface area contributed by atoms with Crippen molar-refractivity contribution in [3.8, 4) is 5.75 Å². The highest BCUT2D eigenvalue weighted by molar-refractivity contribution is 5.48. The van der Waals surface area contributed by atoms with Crippen LogP contribution in [-0.4, -0.2) is 48.2 Å². The zero-order valence-corrected chi connectivity index (χ0v) is 14.6. The van der Waals surface area contributed by atoms with Gasteiger partial charge in [-0.25, -0.2) is 4.39 Å². The third kappa shape index (κ3) is 4.69. The number of ether oxygens (including phenoxy) is 1. The van der Waals surface area contributed by atoms with Crippen molar-refractivity contribution in [2.24, 2.45) is 7.05 Å². The Labute approximate surface area is 141 Å². The van der Waals surface area contributed by atoms with E-state index in [2.05, 4.69) is 10.4 Å². The lowest BCUT2D eigenvalue weighted by molar-refractivity contribution is 0.106. The Kier molecular flexibility index (Phi) is 6.16. The number of hydrogen-bond donors (Lipinski definition) is 2. The van der Waals surface area contributed by atoms with E-state index in [1.807, 2.05) is 37.6 Å². The minimum atomic E-state index is -0.658. The predicted molar refractivity (Wildman–Crippen MR) is 91.9 cm³/mol. The zero-order chi connectivity index (χ0) is 17.7. The van der Waals surface area contributed by atoms with Crippen LogP contribution in [-0.2, 0) is 13.6 Å². The van der Waals surface area contributed by atoms with Gasteiger partial charge in [-0.05, 0) is 31.2 Å². The van der Waals surface area contributed by atoms with E-state index in [4.69, 9.17) is 4.74 Å². The molecule has 1 atom stereocenters. The second kappa shape index (κ2) is 8.12. The summed E-state index contributed by atoms with van der Waals surface area (Å²) in [5.41, 5.74) is 2.07. The molecule has 0 saturated heterocycles. The average molecular weight is 336 g/mol. The number of halogens is 1. The van der Waals surface area contributed by atoms with E-state index in [1.54, 1.807) is 0 Å². The van der Waals surface area contributed by atoms with Gasteiger partial charge in [0, 0.05) is 39.8 Å². The first-order valence-electron chi connectivity index (χ1n) is 7.85. The first-order valence-corrected chi connectivity index (χ1v) is 7.85. The number of anilines is 1. The zero-order valence-electron chi connectivity index (χ0n) is 14.6. The van der Waals surface area contributed by atoms with Crippen molar-refractivity contribution < 1.29 is 14.2 Å². The number of benzene rings is 1. The quantitative estimate of drug-likeness (QED) is 0.764. The molecule has 6 nitrogen and oxygen atoms in total. The highest BCUT2D eigenvalue weighted by Gasteiger charge is 2.15. The maximum atomic E-state index is 12.8. The van der Waals surface area contributed by atoms with Crippen LogP contribution in [0.25, 0.3) is 0 Å². The highest BCUT2D eigenvalue weighted by atomic mass is 19.1. The first-order chi connectivity index (χ1) is 11.4. The molecule has 0 amide bonds. The number of hydrogen-bond acceptors (Lipinski definition) is 5. The van der Waals surface area contributed by atoms with E-state index in [1.165, 1.54) is 24.3 Å². The Balaban J connectivity index is 1.80. The number of nitrogens with one attached hydrogen (secondary N) is 1. The van der Waals surface area contributed by atoms with Crippen LogP contribution in [0.3, 0.4) is 0 Å². The second-order valence-corrected chi connectivity index (χ2v) is 5.96. The van der Waals surface area contributed by atoms with Crippen molar-refractivity contribution in [3.63, 3.8) is 0 Å². The molecule has 0 spiro atoms. The van der Waals surface area contributed by atoms with Gasteiger partial charge in [0.2, 0.25) is 0 Å². The fourth-order valence-electron chi connectivity index (χ4n) is 2.60. The van der Waals surface area contributed by atoms with Crippen LogP contribution in [0.1, 0.15) is 11.3 Å². The van der Waals surface area contributed by atoms with Gasteiger partial charge in [0.15, 0.2) is 0 Å². The number of aryl methyl sites for hydroxylation is 2. The molecule has 0 radical (unpaired) electrons. The number of rotatable bonds is 8. The van der Waals surface area contributed by atoms with Gasteiger partial charge in [0.25, 0.3) is 0 Å². The van der Waals surface area contributed by atoms with E-state index in [0.717, 1.165) is 17.1 Å². The second-order valence-electron chi connectivity index (χ2n) is 5.96. The molecule has 0 unspecified atom stereocenters. The van der Waals surface area contributed by atoms with Crippen molar-refractivity contribution in [1.29, 1.82) is 0 Å². The van der Waals surface area contributed by atoms with Crippen LogP contribution in [0.4, 0.5) is 10.2 Å². The van der Waals surface area contributed by atoms with Crippen molar-refractivity contribution in [1.82, 2.24) is 15.1 Å². The van der Waals surface area contributed by atoms with Crippen LogP contribution < -0.4 is 15.0 Å². The topological polar surface area (TPSA) is 62.6 Å². The summed E-state index contributed by atoms with van der Waals surface area (Å²) in [6.45, 7) is 3.12. The molecule has 0 bridgehead atoms. The summed E-state index contributed by atoms with van der Waals surface area (Å²) in [6, 6.07) is 5.73. The molecule has 1 heterocycles. The van der Waals surface area contributed by atoms with Gasteiger partial charge < -0.3 is 20.1 Å². The van der Waals surface area contributed by atoms with Gasteiger partial charge in [0.1, 0.15) is 30.1 Å². The fourth-order valence-corrected chi connectivity index (χ4v) is 2.60. The van der Waals surface area contributed by atoms with Crippen LogP contribution >= 0.6 is 0 Å². The van der Waals surface area contributed by atoms with Crippen molar-refractivity contribution >= 4 is 5.82 Å². The van der Waals surface area contributed by atoms with Gasteiger partial charge in [-0.1, -0.05) is 0 Å². The smallest absolute Gasteiger partial charge is 0.130 e. The van der Waals surface area contributed by atoms with Gasteiger partial charge in [0.05, 0.1) is 5.69 Å². The SMILES string of the molecule is Cc1nn(C)c(N(C)C)c1CNC[C@@H](O)COc1ccc(F)cc1. The monoisotopic (exact) mass is 336 g/mol. The van der Waals surface area contributed by atoms with Crippen molar-refractivity contribution in [2.45, 2.75) is 19.6 Å². The van der Waals surface area contributed by atoms with E-state index in [9.17, 15) is 9.50 Å². The average Bonchev–Trinajstić information content (AvgIpc) is 2.81. The summed E-state index contributed by atoms with van der Waals surface area (Å²) in [6.07, 6.45) is -0.658. The first kappa shape index (κ1) is 18.2. The standard InChI is InChI=1S/C17H25FN4O2/c1-12-16(17(21(2)3)22(4)20-12)10-19-9-14(23)11-24-15-7-5-13(18)6-8-15/h5-8,14,19,23H,9-11H2,1-4H3/t14-/m1/s1. The Morgan fingerprint density at radius 3 is 2.62 bits per heavy atom. The van der Waals surface area contributed by atoms with E-state index >= 15 is 0 Å². The number of aliphatic hydroxyl groups excluding tert-OH is 1. The molecule has 132 valence electrons. The van der Waals surface area contributed by atoms with Gasteiger partial charge in [-0.2, -0.15) is 5.10 Å². The molecular weight excluding hydrogens is 311 g/mol. The molecule has 1 aromatic heterocycles. The lowest BCUT2D eigenvalue weighted by atomic mass is 10.2. The number of nitrogens with zero attached hydrogens (tertiary/aromatic N) is 3. The minimum absolute atomic E-state index is 0.144. The molecule has 1 aromatic carbocycles. The molecule has 0 aliphatic heterocycles. The summed E-state index contributed by atoms with van der Waals surface area (Å²) in [5.74, 6) is 1.26. The summed E-state index contributed by atoms with van der Waals surface area (Å²) in [7, 11) is 5.87. The lowest BCUT2D eigenvalue weighted by Crippen LogP contribution is -2.31. The maximum absolute atomic E-state index is 12.8. The number of aromatic nitrogens is 2. The minimum Gasteiger partial charge on any atom is -0.491 e. The third-order valence-corrected chi connectivity index (χ3v) is 3.67. The Morgan fingerprint density at radius 2 is 2.00 bits per heavy atom. The van der Waals surface area contributed by atoms with Crippen LogP contribution in [0, 0.1) is 12.7 Å². The van der Waals surface area contributed by atoms with Crippen LogP contribution in [0.5, 0.6) is 5.75 Å². The molecule has 2 N–H and O–H groups in total. The Bertz CT molecular complexity index is 655. The molecule has 0 aliphatic carbocycles. The predicted octanol–water partition coefficient (Wildman–Crippen LogP) is 1.46. The Morgan fingerprint density at radius 1 is 1.33 bits per heavy atom. The summed E-state index contributed by atoms with van der Waals surface area (Å²) < 4.78 is 20.1. The van der Waals surface area contributed by atoms with Gasteiger partial charge in [-0.3, -0.25) is 4.68 Å². The molecule has 7 heteroatoms. The molecule has 24 heavy (non-hydrogen) atoms. The summed E-state index contributed by atoms with van der Waals surface area (Å²) in [4.78, 5) is 2.02. The van der Waals surface area contributed by atoms with Crippen molar-refractivity contribution in [3.05, 3.63) is 41.3 Å². The normalized spacial score (nSPS) is 12.2. The van der Waals surface area contributed by atoms with Crippen LogP contribution in [0.15, 0.2) is 24.3 Å².